The second-order valence-corrected chi connectivity index (χ2v) is 3.38. The van der Waals surface area contributed by atoms with Crippen molar-refractivity contribution in [2.75, 3.05) is 0 Å². The van der Waals surface area contributed by atoms with Gasteiger partial charge in [-0.1, -0.05) is 37.6 Å². The van der Waals surface area contributed by atoms with Gasteiger partial charge < -0.3 is 5.11 Å². The van der Waals surface area contributed by atoms with Crippen molar-refractivity contribution in [2.45, 2.75) is 32.8 Å². The third-order valence-corrected chi connectivity index (χ3v) is 2.22. The first-order valence-corrected chi connectivity index (χ1v) is 5.01. The van der Waals surface area contributed by atoms with E-state index in [1.54, 1.807) is 24.3 Å². The lowest BCUT2D eigenvalue weighted by Crippen LogP contribution is -1.98. The lowest BCUT2D eigenvalue weighted by atomic mass is 10.0. The van der Waals surface area contributed by atoms with E-state index in [2.05, 4.69) is 6.92 Å². The third kappa shape index (κ3) is 2.96. The minimum Gasteiger partial charge on any atom is -0.392 e. The molecular formula is C12H16O2. The van der Waals surface area contributed by atoms with Crippen LogP contribution in [0.1, 0.15) is 42.1 Å². The Bertz CT molecular complexity index is 288. The second-order valence-electron chi connectivity index (χ2n) is 3.38. The summed E-state index contributed by atoms with van der Waals surface area (Å²) in [6.45, 7) is 2.10. The summed E-state index contributed by atoms with van der Waals surface area (Å²) in [6, 6.07) is 7.14. The lowest BCUT2D eigenvalue weighted by molar-refractivity contribution is 0.0979. The Hall–Kier alpha value is -1.15. The molecule has 0 aliphatic carbocycles. The first kappa shape index (κ1) is 10.9. The smallest absolute Gasteiger partial charge is 0.162 e. The van der Waals surface area contributed by atoms with Gasteiger partial charge in [-0.2, -0.15) is 0 Å². The highest BCUT2D eigenvalue weighted by Crippen LogP contribution is 2.08. The molecule has 76 valence electrons. The Balaban J connectivity index is 2.62. The summed E-state index contributed by atoms with van der Waals surface area (Å²) in [4.78, 5) is 11.5. The standard InChI is InChI=1S/C12H16O2/c1-2-3-4-12(14)11-7-5-10(9-13)6-8-11/h5-8,13H,2-4,9H2,1H3. The number of aliphatic hydroxyl groups is 1. The number of benzene rings is 1. The molecule has 0 saturated heterocycles. The van der Waals surface area contributed by atoms with Gasteiger partial charge in [-0.05, 0) is 12.0 Å². The van der Waals surface area contributed by atoms with Gasteiger partial charge in [0.25, 0.3) is 0 Å². The highest BCUT2D eigenvalue weighted by atomic mass is 16.3. The van der Waals surface area contributed by atoms with E-state index in [0.717, 1.165) is 24.0 Å². The number of carbonyl (C=O) groups is 1. The van der Waals surface area contributed by atoms with Gasteiger partial charge in [-0.25, -0.2) is 0 Å². The van der Waals surface area contributed by atoms with Crippen LogP contribution in [0.15, 0.2) is 24.3 Å². The Morgan fingerprint density at radius 2 is 1.93 bits per heavy atom. The van der Waals surface area contributed by atoms with Crippen molar-refractivity contribution in [1.29, 1.82) is 0 Å². The Labute approximate surface area is 84.6 Å². The summed E-state index contributed by atoms with van der Waals surface area (Å²) in [7, 11) is 0. The number of Topliss-reactive ketones (excluding diaryl/α,β-unsaturated/α-hetero) is 1. The number of unbranched alkanes of at least 4 members (excludes halogenated alkanes) is 1. The van der Waals surface area contributed by atoms with Crippen LogP contribution in [0.4, 0.5) is 0 Å². The monoisotopic (exact) mass is 192 g/mol. The normalized spacial score (nSPS) is 10.1. The fourth-order valence-electron chi connectivity index (χ4n) is 1.28. The minimum atomic E-state index is 0.0312. The van der Waals surface area contributed by atoms with Gasteiger partial charge >= 0.3 is 0 Å². The Kier molecular flexibility index (Phi) is 4.33. The summed E-state index contributed by atoms with van der Waals surface area (Å²) in [5.74, 6) is 0.191. The van der Waals surface area contributed by atoms with E-state index in [1.807, 2.05) is 0 Å². The SMILES string of the molecule is CCCCC(=O)c1ccc(CO)cc1. The molecule has 0 saturated carbocycles. The van der Waals surface area contributed by atoms with Crippen molar-refractivity contribution in [2.24, 2.45) is 0 Å². The van der Waals surface area contributed by atoms with Crippen LogP contribution in [0.5, 0.6) is 0 Å². The maximum absolute atomic E-state index is 11.5. The number of carbonyl (C=O) groups excluding carboxylic acids is 1. The first-order valence-electron chi connectivity index (χ1n) is 5.01. The average Bonchev–Trinajstić information content (AvgIpc) is 2.26. The van der Waals surface area contributed by atoms with Crippen molar-refractivity contribution in [3.8, 4) is 0 Å². The number of hydrogen-bond donors (Lipinski definition) is 1. The summed E-state index contributed by atoms with van der Waals surface area (Å²) >= 11 is 0. The van der Waals surface area contributed by atoms with E-state index in [0.29, 0.717) is 6.42 Å². The molecule has 0 bridgehead atoms. The van der Waals surface area contributed by atoms with Crippen molar-refractivity contribution < 1.29 is 9.90 Å². The topological polar surface area (TPSA) is 37.3 Å². The zero-order valence-electron chi connectivity index (χ0n) is 8.49. The fraction of sp³-hybridized carbons (Fsp3) is 0.417. The highest BCUT2D eigenvalue weighted by molar-refractivity contribution is 5.96. The Morgan fingerprint density at radius 3 is 2.43 bits per heavy atom. The molecule has 2 nitrogen and oxygen atoms in total. The Morgan fingerprint density at radius 1 is 1.29 bits per heavy atom. The highest BCUT2D eigenvalue weighted by Gasteiger charge is 2.04. The van der Waals surface area contributed by atoms with Gasteiger partial charge in [-0.15, -0.1) is 0 Å². The number of aliphatic hydroxyl groups excluding tert-OH is 1. The maximum atomic E-state index is 11.5. The zero-order chi connectivity index (χ0) is 10.4. The van der Waals surface area contributed by atoms with Gasteiger partial charge in [0, 0.05) is 12.0 Å². The average molecular weight is 192 g/mol. The van der Waals surface area contributed by atoms with Gasteiger partial charge in [0.1, 0.15) is 0 Å². The van der Waals surface area contributed by atoms with Crippen LogP contribution in [0.25, 0.3) is 0 Å². The molecular weight excluding hydrogens is 176 g/mol. The molecule has 1 aromatic rings. The lowest BCUT2D eigenvalue weighted by Gasteiger charge is -2.01. The number of rotatable bonds is 5. The van der Waals surface area contributed by atoms with E-state index >= 15 is 0 Å². The van der Waals surface area contributed by atoms with E-state index in [4.69, 9.17) is 5.11 Å². The minimum absolute atomic E-state index is 0.0312. The van der Waals surface area contributed by atoms with Crippen LogP contribution >= 0.6 is 0 Å². The summed E-state index contributed by atoms with van der Waals surface area (Å²) < 4.78 is 0. The predicted molar refractivity (Wildman–Crippen MR) is 56.2 cm³/mol. The van der Waals surface area contributed by atoms with E-state index in [1.165, 1.54) is 0 Å². The molecule has 0 aliphatic rings. The second kappa shape index (κ2) is 5.55. The largest absolute Gasteiger partial charge is 0.392 e. The van der Waals surface area contributed by atoms with Gasteiger partial charge in [-0.3, -0.25) is 4.79 Å². The van der Waals surface area contributed by atoms with Crippen molar-refractivity contribution >= 4 is 5.78 Å². The fourth-order valence-corrected chi connectivity index (χ4v) is 1.28. The van der Waals surface area contributed by atoms with Crippen LogP contribution in [0.2, 0.25) is 0 Å². The summed E-state index contributed by atoms with van der Waals surface area (Å²) in [6.07, 6.45) is 2.61. The first-order chi connectivity index (χ1) is 6.77. The van der Waals surface area contributed by atoms with Gasteiger partial charge in [0.05, 0.1) is 6.61 Å². The molecule has 14 heavy (non-hydrogen) atoms. The molecule has 1 aromatic carbocycles. The molecule has 0 amide bonds. The third-order valence-electron chi connectivity index (χ3n) is 2.22. The molecule has 0 atom stereocenters. The zero-order valence-corrected chi connectivity index (χ0v) is 8.49. The van der Waals surface area contributed by atoms with Crippen LogP contribution in [0, 0.1) is 0 Å². The van der Waals surface area contributed by atoms with Crippen molar-refractivity contribution in [3.05, 3.63) is 35.4 Å². The summed E-state index contributed by atoms with van der Waals surface area (Å²) in [5.41, 5.74) is 1.59. The molecule has 2 heteroatoms. The number of ketones is 1. The quantitative estimate of drug-likeness (QED) is 0.728. The van der Waals surface area contributed by atoms with Crippen LogP contribution in [-0.2, 0) is 6.61 Å². The molecule has 0 radical (unpaired) electrons. The molecule has 0 aliphatic heterocycles. The molecule has 0 aromatic heterocycles. The molecule has 1 rings (SSSR count). The van der Waals surface area contributed by atoms with Crippen LogP contribution < -0.4 is 0 Å². The van der Waals surface area contributed by atoms with E-state index < -0.39 is 0 Å². The molecule has 0 unspecified atom stereocenters. The maximum Gasteiger partial charge on any atom is 0.162 e. The predicted octanol–water partition coefficient (Wildman–Crippen LogP) is 2.55. The molecule has 0 fully saturated rings. The molecule has 1 N–H and O–H groups in total. The molecule has 0 heterocycles. The van der Waals surface area contributed by atoms with Crippen LogP contribution in [0.3, 0.4) is 0 Å². The molecule has 0 spiro atoms. The number of hydrogen-bond acceptors (Lipinski definition) is 2. The van der Waals surface area contributed by atoms with Crippen molar-refractivity contribution in [3.63, 3.8) is 0 Å². The van der Waals surface area contributed by atoms with E-state index in [9.17, 15) is 4.79 Å². The van der Waals surface area contributed by atoms with Crippen LogP contribution in [-0.4, -0.2) is 10.9 Å². The summed E-state index contributed by atoms with van der Waals surface area (Å²) in [5, 5.41) is 8.82. The van der Waals surface area contributed by atoms with E-state index in [-0.39, 0.29) is 12.4 Å². The van der Waals surface area contributed by atoms with Crippen molar-refractivity contribution in [1.82, 2.24) is 0 Å². The van der Waals surface area contributed by atoms with Gasteiger partial charge in [0.2, 0.25) is 0 Å². The van der Waals surface area contributed by atoms with Gasteiger partial charge in [0.15, 0.2) is 5.78 Å².